The number of carbonyl (C=O) groups is 2. The van der Waals surface area contributed by atoms with Crippen molar-refractivity contribution in [1.82, 2.24) is 10.2 Å². The van der Waals surface area contributed by atoms with Crippen molar-refractivity contribution in [3.63, 3.8) is 0 Å². The molecule has 66 heavy (non-hydrogen) atoms. The molecule has 0 radical (unpaired) electrons. The van der Waals surface area contributed by atoms with E-state index in [0.717, 1.165) is 29.2 Å². The van der Waals surface area contributed by atoms with Crippen molar-refractivity contribution >= 4 is 57.0 Å². The van der Waals surface area contributed by atoms with Crippen molar-refractivity contribution in [2.24, 2.45) is 29.4 Å². The zero-order valence-corrected chi connectivity index (χ0v) is 53.4. The number of nitrogens with two attached hydrogens (primary N) is 1. The average Bonchev–Trinajstić information content (AvgIpc) is 3.03. The second-order valence-corrected chi connectivity index (χ2v) is 21.8. The molecule has 0 amide bonds. The Morgan fingerprint density at radius 1 is 0.742 bits per heavy atom. The third kappa shape index (κ3) is 5900. The number of nitrogens with one attached hydrogen (secondary N) is 2. The summed E-state index contributed by atoms with van der Waals surface area (Å²) in [6, 6.07) is 0.333. The number of hydrogen-bond donors (Lipinski definition) is 7. The standard InChI is InChI=1S/C4H8O2.C4H10O.2C4H10.C4H8.C4H6.2C3H9N.C3H7N.C3H8O.C3H6O.C3H8S.C3H6S.C3H8.C2H7N.C2H6O2S/c1-3(2)4(5)6;1-4(2)3-5;2*1-4(2)3;2*1-3-4-2;1-4(2)3;6*1-3(2)4;2*1-3-2;1-5(2,3)4/h3H,1-2H3,(H,5,6);4-5H,3H2,1-2H3;2*4H,1-3H3;3-4H,1-2H3;1-2H3;1-3H3;3H,4H2,1-2H3;4H,1-2H3;3-4H,1-2H3;1-2H3;3-4H,1-2H3;1-2H3;3H2,1-2H3;3H,1-2H3;1-2H3. The highest BCUT2D eigenvalue weighted by Gasteiger charge is 1.99. The first kappa shape index (κ1) is 110. The molecule has 0 atom stereocenters. The minimum Gasteiger partial charge on any atom is -0.481 e. The number of thiol groups is 1. The van der Waals surface area contributed by atoms with Crippen LogP contribution in [0, 0.1) is 40.9 Å². The van der Waals surface area contributed by atoms with Crippen molar-refractivity contribution < 1.29 is 33.3 Å². The number of ketones is 1. The molecule has 0 aromatic heterocycles. The first-order valence-electron chi connectivity index (χ1n) is 22.8. The van der Waals surface area contributed by atoms with Gasteiger partial charge in [-0.15, -0.1) is 11.8 Å². The summed E-state index contributed by atoms with van der Waals surface area (Å²) in [6.07, 6.45) is 7.40. The molecule has 11 nitrogen and oxygen atoms in total. The summed E-state index contributed by atoms with van der Waals surface area (Å²) in [6.45, 7) is 54.2. The van der Waals surface area contributed by atoms with E-state index in [1.165, 1.54) is 20.3 Å². The number of nitrogens with zero attached hydrogens (tertiary/aromatic N) is 1. The van der Waals surface area contributed by atoms with Gasteiger partial charge in [-0.1, -0.05) is 142 Å². The molecule has 0 aliphatic heterocycles. The molecule has 0 saturated heterocycles. The summed E-state index contributed by atoms with van der Waals surface area (Å²) in [7, 11) is 7.08. The van der Waals surface area contributed by atoms with Gasteiger partial charge in [0.25, 0.3) is 0 Å². The maximum Gasteiger partial charge on any atom is 0.305 e. The number of aliphatic hydroxyl groups excluding tert-OH is 2. The summed E-state index contributed by atoms with van der Waals surface area (Å²) in [5.74, 6) is 6.66. The van der Waals surface area contributed by atoms with Crippen LogP contribution in [0.2, 0.25) is 0 Å². The zero-order chi connectivity index (χ0) is 58.4. The van der Waals surface area contributed by atoms with Crippen LogP contribution >= 0.6 is 24.8 Å². The number of sulfone groups is 1. The molecule has 0 aliphatic carbocycles. The van der Waals surface area contributed by atoms with Gasteiger partial charge < -0.3 is 41.5 Å². The maximum atomic E-state index is 9.70. The smallest absolute Gasteiger partial charge is 0.305 e. The fourth-order valence-corrected chi connectivity index (χ4v) is 0. The minimum atomic E-state index is -2.67. The highest BCUT2D eigenvalue weighted by Crippen LogP contribution is 1.87. The number of carbonyl (C=O) groups excluding carboxylic acids is 1. The Labute approximate surface area is 429 Å². The lowest BCUT2D eigenvalue weighted by molar-refractivity contribution is -0.140. The van der Waals surface area contributed by atoms with Gasteiger partial charge in [0.05, 0.1) is 5.92 Å². The Hall–Kier alpha value is -1.70. The van der Waals surface area contributed by atoms with Crippen LogP contribution in [0.15, 0.2) is 12.2 Å². The Kier molecular flexibility index (Phi) is 184. The van der Waals surface area contributed by atoms with Gasteiger partial charge in [-0.3, -0.25) is 4.79 Å². The molecular weight excluding hydrogens is 889 g/mol. The van der Waals surface area contributed by atoms with Crippen LogP contribution in [0.25, 0.3) is 0 Å². The van der Waals surface area contributed by atoms with Gasteiger partial charge in [0.15, 0.2) is 0 Å². The van der Waals surface area contributed by atoms with Gasteiger partial charge in [0, 0.05) is 30.9 Å². The Bertz CT molecular complexity index is 882. The van der Waals surface area contributed by atoms with E-state index in [1.807, 2.05) is 135 Å². The van der Waals surface area contributed by atoms with E-state index in [-0.39, 0.29) is 17.8 Å². The molecule has 0 rings (SSSR count). The monoisotopic (exact) mass is 1010 g/mol. The number of rotatable bonds is 2. The molecule has 0 fully saturated rings. The van der Waals surface area contributed by atoms with Crippen molar-refractivity contribution in [3.05, 3.63) is 12.2 Å². The van der Waals surface area contributed by atoms with Crippen LogP contribution in [0.1, 0.15) is 200 Å². The van der Waals surface area contributed by atoms with E-state index in [0.29, 0.717) is 29.5 Å². The SMILES string of the molecule is CC#CC.CC(C)=N.CC(C)=O.CC(C)=S.CC(C)C.CC(C)C.CC(C)C(=O)O.CC(C)CO.CC(C)N.CC(C)O.CC(C)S.CC=CC.CCC.CN(C)C.CNC.CS(C)(=O)=O. The van der Waals surface area contributed by atoms with Crippen molar-refractivity contribution in [3.8, 4) is 11.8 Å². The Balaban J connectivity index is -0.0000000289. The molecule has 0 aromatic rings. The van der Waals surface area contributed by atoms with Gasteiger partial charge in [-0.2, -0.15) is 12.6 Å². The lowest BCUT2D eigenvalue weighted by Gasteiger charge is -1.90. The number of Topliss-reactive ketones (excluding diaryl/α,β-unsaturated/α-hetero) is 1. The predicted octanol–water partition coefficient (Wildman–Crippen LogP) is 13.5. The molecule has 7 N–H and O–H groups in total. The molecule has 0 aliphatic rings. The van der Waals surface area contributed by atoms with Gasteiger partial charge >= 0.3 is 5.97 Å². The summed E-state index contributed by atoms with van der Waals surface area (Å²) in [5.41, 5.74) is 5.78. The maximum absolute atomic E-state index is 9.70. The zero-order valence-electron chi connectivity index (χ0n) is 50.9. The van der Waals surface area contributed by atoms with Crippen LogP contribution in [0.4, 0.5) is 0 Å². The van der Waals surface area contributed by atoms with Crippen molar-refractivity contribution in [2.75, 3.05) is 54.4 Å². The molecule has 0 bridgehead atoms. The molecular formula is C52H126N4O7S3. The van der Waals surface area contributed by atoms with Crippen LogP contribution in [-0.4, -0.2) is 123 Å². The molecule has 0 heterocycles. The fraction of sp³-hybridized carbons (Fsp3) is 0.846. The van der Waals surface area contributed by atoms with Gasteiger partial charge in [-0.25, -0.2) is 8.42 Å². The summed E-state index contributed by atoms with van der Waals surface area (Å²) >= 11 is 8.50. The molecule has 0 aromatic carbocycles. The molecule has 14 heteroatoms. The highest BCUT2D eigenvalue weighted by atomic mass is 32.2. The highest BCUT2D eigenvalue weighted by molar-refractivity contribution is 7.89. The van der Waals surface area contributed by atoms with Crippen LogP contribution in [0.5, 0.6) is 0 Å². The normalized spacial score (nSPS) is 8.23. The topological polar surface area (TPSA) is 194 Å². The van der Waals surface area contributed by atoms with Crippen LogP contribution in [0.3, 0.4) is 0 Å². The van der Waals surface area contributed by atoms with E-state index in [9.17, 15) is 18.0 Å². The second kappa shape index (κ2) is 110. The Morgan fingerprint density at radius 2 is 0.803 bits per heavy atom. The lowest BCUT2D eigenvalue weighted by atomic mass is 10.2. The first-order chi connectivity index (χ1) is 29.2. The molecule has 0 saturated carbocycles. The number of thiocarbonyl (C=S) groups is 1. The quantitative estimate of drug-likeness (QED) is 0.0457. The molecule has 0 spiro atoms. The summed E-state index contributed by atoms with van der Waals surface area (Å²) in [4.78, 5) is 22.1. The minimum absolute atomic E-state index is 0.167. The number of carboxylic acids is 1. The number of hydrogen-bond acceptors (Lipinski definition) is 12. The number of aliphatic hydroxyl groups is 2. The fourth-order valence-electron chi connectivity index (χ4n) is 0. The predicted molar refractivity (Wildman–Crippen MR) is 317 cm³/mol. The van der Waals surface area contributed by atoms with E-state index >= 15 is 0 Å². The third-order valence-electron chi connectivity index (χ3n) is 1.44. The van der Waals surface area contributed by atoms with Crippen molar-refractivity contribution in [2.45, 2.75) is 218 Å². The summed E-state index contributed by atoms with van der Waals surface area (Å²) < 4.78 is 19.3. The van der Waals surface area contributed by atoms with Crippen molar-refractivity contribution in [1.29, 1.82) is 5.41 Å². The van der Waals surface area contributed by atoms with Gasteiger partial charge in [0.2, 0.25) is 0 Å². The first-order valence-corrected chi connectivity index (χ1v) is 26.1. The van der Waals surface area contributed by atoms with Gasteiger partial charge in [-0.05, 0) is 152 Å². The van der Waals surface area contributed by atoms with Crippen LogP contribution < -0.4 is 11.1 Å². The van der Waals surface area contributed by atoms with Gasteiger partial charge in [0.1, 0.15) is 15.6 Å². The van der Waals surface area contributed by atoms with E-state index in [2.05, 4.69) is 97.4 Å². The van der Waals surface area contributed by atoms with Crippen LogP contribution in [-0.2, 0) is 19.4 Å². The second-order valence-electron chi connectivity index (χ2n) is 17.6. The Morgan fingerprint density at radius 3 is 0.803 bits per heavy atom. The molecule has 0 unspecified atom stereocenters. The number of allylic oxidation sites excluding steroid dienone is 2. The van der Waals surface area contributed by atoms with E-state index in [4.69, 9.17) is 26.5 Å². The number of aliphatic carboxylic acids is 1. The van der Waals surface area contributed by atoms with E-state index in [1.54, 1.807) is 41.5 Å². The lowest BCUT2D eigenvalue weighted by Crippen LogP contribution is -2.06. The molecule has 414 valence electrons. The number of carboxylic acid groups (broad SMARTS) is 1. The third-order valence-corrected chi connectivity index (χ3v) is 1.44. The summed E-state index contributed by atoms with van der Waals surface area (Å²) in [5, 5.41) is 34.0. The van der Waals surface area contributed by atoms with E-state index < -0.39 is 15.8 Å². The largest absolute Gasteiger partial charge is 0.481 e. The average molecular weight is 1020 g/mol.